The van der Waals surface area contributed by atoms with Gasteiger partial charge in [0.25, 0.3) is 0 Å². The van der Waals surface area contributed by atoms with Gasteiger partial charge in [-0.3, -0.25) is 4.79 Å². The highest BCUT2D eigenvalue weighted by molar-refractivity contribution is 7.90. The Morgan fingerprint density at radius 2 is 1.84 bits per heavy atom. The summed E-state index contributed by atoms with van der Waals surface area (Å²) in [5.41, 5.74) is 0. The quantitative estimate of drug-likeness (QED) is 0.623. The van der Waals surface area contributed by atoms with E-state index < -0.39 is 28.4 Å². The number of aliphatic carboxylic acids is 1. The first-order valence-electron chi connectivity index (χ1n) is 5.56. The zero-order chi connectivity index (χ0) is 15.1. The third-order valence-corrected chi connectivity index (χ3v) is 3.21. The zero-order valence-corrected chi connectivity index (χ0v) is 12.1. The van der Waals surface area contributed by atoms with Gasteiger partial charge in [0.15, 0.2) is 0 Å². The van der Waals surface area contributed by atoms with Crippen LogP contribution in [-0.2, 0) is 19.4 Å². The van der Waals surface area contributed by atoms with Crippen molar-refractivity contribution in [1.82, 2.24) is 9.80 Å². The standard InChI is InChI=1S/C10H20N2O6S/c1-11(5-7-19(3,16)17)10(15)12(4-6-18-2)8-9(13)14/h4-8H2,1-3H3,(H,13,14). The van der Waals surface area contributed by atoms with Gasteiger partial charge >= 0.3 is 12.0 Å². The SMILES string of the molecule is COCCN(CC(=O)O)C(=O)N(C)CCS(C)(=O)=O. The largest absolute Gasteiger partial charge is 0.480 e. The van der Waals surface area contributed by atoms with Gasteiger partial charge in [-0.05, 0) is 0 Å². The van der Waals surface area contributed by atoms with E-state index in [9.17, 15) is 18.0 Å². The normalized spacial score (nSPS) is 11.1. The van der Waals surface area contributed by atoms with Gasteiger partial charge in [0, 0.05) is 33.5 Å². The zero-order valence-electron chi connectivity index (χ0n) is 11.3. The first kappa shape index (κ1) is 17.6. The maximum absolute atomic E-state index is 11.9. The van der Waals surface area contributed by atoms with Crippen LogP contribution in [0.25, 0.3) is 0 Å². The molecule has 0 rings (SSSR count). The molecule has 0 spiro atoms. The van der Waals surface area contributed by atoms with Crippen LogP contribution >= 0.6 is 0 Å². The molecule has 1 N–H and O–H groups in total. The minimum absolute atomic E-state index is 0.0147. The van der Waals surface area contributed by atoms with E-state index in [4.69, 9.17) is 9.84 Å². The number of nitrogens with zero attached hydrogens (tertiary/aromatic N) is 2. The second-order valence-electron chi connectivity index (χ2n) is 4.14. The summed E-state index contributed by atoms with van der Waals surface area (Å²) in [5, 5.41) is 8.72. The lowest BCUT2D eigenvalue weighted by molar-refractivity contribution is -0.137. The lowest BCUT2D eigenvalue weighted by Crippen LogP contribution is -2.46. The van der Waals surface area contributed by atoms with Crippen LogP contribution < -0.4 is 0 Å². The van der Waals surface area contributed by atoms with E-state index in [1.165, 1.54) is 19.1 Å². The molecule has 0 unspecified atom stereocenters. The van der Waals surface area contributed by atoms with Gasteiger partial charge < -0.3 is 19.6 Å². The topological polar surface area (TPSA) is 104 Å². The number of carboxylic acid groups (broad SMARTS) is 1. The molecule has 0 bridgehead atoms. The van der Waals surface area contributed by atoms with Gasteiger partial charge in [-0.2, -0.15) is 0 Å². The molecule has 0 saturated heterocycles. The average Bonchev–Trinajstić information content (AvgIpc) is 2.29. The molecule has 0 atom stereocenters. The molecular formula is C10H20N2O6S. The summed E-state index contributed by atoms with van der Waals surface area (Å²) >= 11 is 0. The molecule has 0 aliphatic heterocycles. The summed E-state index contributed by atoms with van der Waals surface area (Å²) in [6.45, 7) is -0.101. The van der Waals surface area contributed by atoms with Crippen LogP contribution in [-0.4, -0.2) is 87.7 Å². The van der Waals surface area contributed by atoms with E-state index in [-0.39, 0.29) is 25.4 Å². The molecule has 2 amide bonds. The van der Waals surface area contributed by atoms with E-state index in [0.29, 0.717) is 0 Å². The molecule has 0 aliphatic rings. The summed E-state index contributed by atoms with van der Waals surface area (Å²) in [5.74, 6) is -1.30. The van der Waals surface area contributed by atoms with Crippen molar-refractivity contribution < 1.29 is 27.9 Å². The molecule has 19 heavy (non-hydrogen) atoms. The number of sulfone groups is 1. The van der Waals surface area contributed by atoms with E-state index in [1.54, 1.807) is 0 Å². The molecule has 0 heterocycles. The van der Waals surface area contributed by atoms with Gasteiger partial charge in [0.1, 0.15) is 16.4 Å². The molecule has 112 valence electrons. The fourth-order valence-electron chi connectivity index (χ4n) is 1.25. The van der Waals surface area contributed by atoms with Gasteiger partial charge in [-0.1, -0.05) is 0 Å². The van der Waals surface area contributed by atoms with Crippen molar-refractivity contribution in [3.05, 3.63) is 0 Å². The predicted molar refractivity (Wildman–Crippen MR) is 68.8 cm³/mol. The lowest BCUT2D eigenvalue weighted by atomic mass is 10.4. The number of hydrogen-bond acceptors (Lipinski definition) is 5. The maximum Gasteiger partial charge on any atom is 0.323 e. The van der Waals surface area contributed by atoms with Crippen molar-refractivity contribution in [1.29, 1.82) is 0 Å². The number of carbonyl (C=O) groups is 2. The number of carboxylic acids is 1. The second kappa shape index (κ2) is 7.95. The van der Waals surface area contributed by atoms with Crippen LogP contribution in [0.4, 0.5) is 4.79 Å². The Labute approximate surface area is 112 Å². The third-order valence-electron chi connectivity index (χ3n) is 2.29. The molecule has 0 saturated carbocycles. The summed E-state index contributed by atoms with van der Waals surface area (Å²) < 4.78 is 26.8. The van der Waals surface area contributed by atoms with Crippen LogP contribution in [0.2, 0.25) is 0 Å². The van der Waals surface area contributed by atoms with Crippen molar-refractivity contribution in [3.8, 4) is 0 Å². The van der Waals surface area contributed by atoms with Crippen molar-refractivity contribution in [3.63, 3.8) is 0 Å². The Morgan fingerprint density at radius 1 is 1.26 bits per heavy atom. The Morgan fingerprint density at radius 3 is 2.26 bits per heavy atom. The average molecular weight is 296 g/mol. The van der Waals surface area contributed by atoms with Crippen molar-refractivity contribution in [2.24, 2.45) is 0 Å². The molecule has 0 radical (unpaired) electrons. The molecule has 0 fully saturated rings. The summed E-state index contributed by atoms with van der Waals surface area (Å²) in [6.07, 6.45) is 1.07. The first-order valence-corrected chi connectivity index (χ1v) is 7.62. The number of urea groups is 1. The van der Waals surface area contributed by atoms with Gasteiger partial charge in [0.2, 0.25) is 0 Å². The number of ether oxygens (including phenoxy) is 1. The summed E-state index contributed by atoms with van der Waals surface area (Å²) in [6, 6.07) is -0.539. The van der Waals surface area contributed by atoms with Crippen LogP contribution in [0.1, 0.15) is 0 Å². The van der Waals surface area contributed by atoms with E-state index in [1.807, 2.05) is 0 Å². The fraction of sp³-hybridized carbons (Fsp3) is 0.800. The van der Waals surface area contributed by atoms with E-state index >= 15 is 0 Å². The maximum atomic E-state index is 11.9. The van der Waals surface area contributed by atoms with E-state index in [0.717, 1.165) is 11.2 Å². The predicted octanol–water partition coefficient (Wildman–Crippen LogP) is -0.884. The van der Waals surface area contributed by atoms with Crippen LogP contribution in [0.5, 0.6) is 0 Å². The Kier molecular flexibility index (Phi) is 7.38. The molecule has 0 aromatic rings. The van der Waals surface area contributed by atoms with Crippen molar-refractivity contribution in [2.75, 3.05) is 52.4 Å². The number of amides is 2. The monoisotopic (exact) mass is 296 g/mol. The van der Waals surface area contributed by atoms with E-state index in [2.05, 4.69) is 0 Å². The fourth-order valence-corrected chi connectivity index (χ4v) is 1.85. The number of hydrogen-bond donors (Lipinski definition) is 1. The lowest BCUT2D eigenvalue weighted by Gasteiger charge is -2.26. The number of methoxy groups -OCH3 is 1. The van der Waals surface area contributed by atoms with Gasteiger partial charge in [-0.15, -0.1) is 0 Å². The van der Waals surface area contributed by atoms with Gasteiger partial charge in [-0.25, -0.2) is 13.2 Å². The molecule has 8 nitrogen and oxygen atoms in total. The van der Waals surface area contributed by atoms with Crippen LogP contribution in [0, 0.1) is 0 Å². The Bertz CT molecular complexity index is 408. The first-order chi connectivity index (χ1) is 8.67. The van der Waals surface area contributed by atoms with Crippen molar-refractivity contribution in [2.45, 2.75) is 0 Å². The van der Waals surface area contributed by atoms with Crippen molar-refractivity contribution >= 4 is 21.8 Å². The molecule has 0 aromatic carbocycles. The minimum Gasteiger partial charge on any atom is -0.480 e. The summed E-state index contributed by atoms with van der Waals surface area (Å²) in [7, 11) is -0.305. The smallest absolute Gasteiger partial charge is 0.323 e. The minimum atomic E-state index is -3.17. The Balaban J connectivity index is 4.54. The molecule has 0 aromatic heterocycles. The summed E-state index contributed by atoms with van der Waals surface area (Å²) in [4.78, 5) is 24.9. The van der Waals surface area contributed by atoms with Crippen LogP contribution in [0.15, 0.2) is 0 Å². The van der Waals surface area contributed by atoms with Crippen LogP contribution in [0.3, 0.4) is 0 Å². The highest BCUT2D eigenvalue weighted by Gasteiger charge is 2.20. The third kappa shape index (κ3) is 8.38. The molecule has 0 aliphatic carbocycles. The Hall–Kier alpha value is -1.35. The number of carbonyl (C=O) groups excluding carboxylic acids is 1. The molecule has 9 heteroatoms. The second-order valence-corrected chi connectivity index (χ2v) is 6.40. The van der Waals surface area contributed by atoms with Gasteiger partial charge in [0.05, 0.1) is 12.4 Å². The molecular weight excluding hydrogens is 276 g/mol. The number of rotatable bonds is 8. The highest BCUT2D eigenvalue weighted by Crippen LogP contribution is 1.98. The highest BCUT2D eigenvalue weighted by atomic mass is 32.2.